The highest BCUT2D eigenvalue weighted by Gasteiger charge is 2.21. The Morgan fingerprint density at radius 1 is 1.04 bits per heavy atom. The molecule has 0 saturated carbocycles. The van der Waals surface area contributed by atoms with Crippen molar-refractivity contribution in [3.63, 3.8) is 0 Å². The molecule has 3 aromatic rings. The minimum absolute atomic E-state index is 0.344. The number of anilines is 1. The largest absolute Gasteiger partial charge is 0.356 e. The van der Waals surface area contributed by atoms with Crippen molar-refractivity contribution in [3.8, 4) is 11.1 Å². The number of nitrogens with zero attached hydrogens (tertiary/aromatic N) is 3. The van der Waals surface area contributed by atoms with Crippen LogP contribution in [0.25, 0.3) is 21.3 Å². The van der Waals surface area contributed by atoms with E-state index in [1.54, 1.807) is 11.3 Å². The average Bonchev–Trinajstić information content (AvgIpc) is 3.05. The molecule has 1 aliphatic heterocycles. The standard InChI is InChI=1S/C20H22ClN3S/c1-13(2)14-6-8-15(9-7-14)16-12-25-19-17(16)18(22-20(21)23-19)24-10-4-3-5-11-24/h6-9,12-13H,3-5,10-11H2,1-2H3. The predicted octanol–water partition coefficient (Wildman–Crippen LogP) is 6.13. The van der Waals surface area contributed by atoms with Crippen LogP contribution in [0, 0.1) is 0 Å². The quantitative estimate of drug-likeness (QED) is 0.519. The summed E-state index contributed by atoms with van der Waals surface area (Å²) in [6, 6.07) is 8.87. The molecule has 1 aromatic carbocycles. The van der Waals surface area contributed by atoms with Crippen molar-refractivity contribution in [2.45, 2.75) is 39.0 Å². The summed E-state index contributed by atoms with van der Waals surface area (Å²) < 4.78 is 0. The number of rotatable bonds is 3. The first-order valence-electron chi connectivity index (χ1n) is 8.93. The molecular weight excluding hydrogens is 350 g/mol. The van der Waals surface area contributed by atoms with Crippen molar-refractivity contribution in [2.75, 3.05) is 18.0 Å². The molecule has 0 radical (unpaired) electrons. The van der Waals surface area contributed by atoms with Crippen molar-refractivity contribution < 1.29 is 0 Å². The van der Waals surface area contributed by atoms with E-state index in [9.17, 15) is 0 Å². The summed E-state index contributed by atoms with van der Waals surface area (Å²) in [6.07, 6.45) is 3.73. The molecule has 1 aliphatic rings. The van der Waals surface area contributed by atoms with Crippen LogP contribution in [-0.4, -0.2) is 23.1 Å². The molecule has 3 heterocycles. The number of benzene rings is 1. The third kappa shape index (κ3) is 3.25. The predicted molar refractivity (Wildman–Crippen MR) is 108 cm³/mol. The molecule has 0 unspecified atom stereocenters. The fourth-order valence-electron chi connectivity index (χ4n) is 3.49. The Morgan fingerprint density at radius 3 is 2.44 bits per heavy atom. The van der Waals surface area contributed by atoms with E-state index in [-0.39, 0.29) is 0 Å². The Kier molecular flexibility index (Phi) is 4.65. The van der Waals surface area contributed by atoms with Gasteiger partial charge in [-0.1, -0.05) is 38.1 Å². The van der Waals surface area contributed by atoms with Gasteiger partial charge in [0, 0.05) is 24.0 Å². The molecule has 0 N–H and O–H groups in total. The number of hydrogen-bond acceptors (Lipinski definition) is 4. The lowest BCUT2D eigenvalue weighted by Gasteiger charge is -2.28. The molecule has 0 atom stereocenters. The van der Waals surface area contributed by atoms with Crippen LogP contribution in [-0.2, 0) is 0 Å². The van der Waals surface area contributed by atoms with Gasteiger partial charge in [-0.15, -0.1) is 11.3 Å². The molecule has 0 bridgehead atoms. The van der Waals surface area contributed by atoms with Crippen LogP contribution in [0.3, 0.4) is 0 Å². The molecule has 1 saturated heterocycles. The Hall–Kier alpha value is -1.65. The fourth-order valence-corrected chi connectivity index (χ4v) is 4.65. The second kappa shape index (κ2) is 6.93. The number of hydrogen-bond donors (Lipinski definition) is 0. The number of fused-ring (bicyclic) bond motifs is 1. The maximum absolute atomic E-state index is 6.21. The van der Waals surface area contributed by atoms with E-state index in [0.29, 0.717) is 11.2 Å². The molecule has 0 amide bonds. The smallest absolute Gasteiger partial charge is 0.225 e. The highest BCUT2D eigenvalue weighted by atomic mass is 35.5. The fraction of sp³-hybridized carbons (Fsp3) is 0.400. The Morgan fingerprint density at radius 2 is 1.76 bits per heavy atom. The first-order chi connectivity index (χ1) is 12.1. The van der Waals surface area contributed by atoms with Gasteiger partial charge in [-0.25, -0.2) is 4.98 Å². The number of piperidine rings is 1. The molecule has 130 valence electrons. The summed E-state index contributed by atoms with van der Waals surface area (Å²) >= 11 is 7.86. The second-order valence-corrected chi connectivity index (χ2v) is 8.17. The van der Waals surface area contributed by atoms with E-state index in [0.717, 1.165) is 29.1 Å². The number of aromatic nitrogens is 2. The zero-order chi connectivity index (χ0) is 17.4. The van der Waals surface area contributed by atoms with Gasteiger partial charge < -0.3 is 4.90 Å². The van der Waals surface area contributed by atoms with E-state index in [4.69, 9.17) is 11.6 Å². The van der Waals surface area contributed by atoms with Gasteiger partial charge in [0.1, 0.15) is 10.6 Å². The van der Waals surface area contributed by atoms with Gasteiger partial charge in [0.2, 0.25) is 5.28 Å². The van der Waals surface area contributed by atoms with Crippen molar-refractivity contribution in [2.24, 2.45) is 0 Å². The van der Waals surface area contributed by atoms with Gasteiger partial charge in [0.15, 0.2) is 0 Å². The van der Waals surface area contributed by atoms with Crippen LogP contribution in [0.4, 0.5) is 5.82 Å². The average molecular weight is 372 g/mol. The Bertz CT molecular complexity index is 880. The van der Waals surface area contributed by atoms with Gasteiger partial charge in [-0.3, -0.25) is 0 Å². The lowest BCUT2D eigenvalue weighted by molar-refractivity contribution is 0.574. The van der Waals surface area contributed by atoms with Crippen molar-refractivity contribution >= 4 is 39.0 Å². The van der Waals surface area contributed by atoms with Crippen LogP contribution in [0.15, 0.2) is 29.6 Å². The maximum atomic E-state index is 6.21. The van der Waals surface area contributed by atoms with Crippen molar-refractivity contribution in [1.29, 1.82) is 0 Å². The SMILES string of the molecule is CC(C)c1ccc(-c2csc3nc(Cl)nc(N4CCCCC4)c23)cc1. The second-order valence-electron chi connectivity index (χ2n) is 6.97. The first kappa shape index (κ1) is 16.8. The third-order valence-electron chi connectivity index (χ3n) is 4.93. The zero-order valence-corrected chi connectivity index (χ0v) is 16.2. The van der Waals surface area contributed by atoms with Crippen LogP contribution < -0.4 is 4.90 Å². The van der Waals surface area contributed by atoms with E-state index in [1.165, 1.54) is 36.0 Å². The van der Waals surface area contributed by atoms with Gasteiger partial charge >= 0.3 is 0 Å². The Labute approximate surface area is 157 Å². The zero-order valence-electron chi connectivity index (χ0n) is 14.6. The monoisotopic (exact) mass is 371 g/mol. The summed E-state index contributed by atoms with van der Waals surface area (Å²) in [7, 11) is 0. The molecule has 0 spiro atoms. The van der Waals surface area contributed by atoms with E-state index >= 15 is 0 Å². The minimum Gasteiger partial charge on any atom is -0.356 e. The van der Waals surface area contributed by atoms with Crippen LogP contribution >= 0.6 is 22.9 Å². The summed E-state index contributed by atoms with van der Waals surface area (Å²) in [5.74, 6) is 1.54. The van der Waals surface area contributed by atoms with Gasteiger partial charge in [0.05, 0.1) is 5.39 Å². The lowest BCUT2D eigenvalue weighted by atomic mass is 9.99. The van der Waals surface area contributed by atoms with Gasteiger partial charge in [0.25, 0.3) is 0 Å². The van der Waals surface area contributed by atoms with Crippen LogP contribution in [0.1, 0.15) is 44.6 Å². The molecule has 3 nitrogen and oxygen atoms in total. The van der Waals surface area contributed by atoms with Crippen LogP contribution in [0.2, 0.25) is 5.28 Å². The molecule has 4 rings (SSSR count). The van der Waals surface area contributed by atoms with E-state index in [1.807, 2.05) is 0 Å². The number of thiophene rings is 1. The van der Waals surface area contributed by atoms with Crippen LogP contribution in [0.5, 0.6) is 0 Å². The van der Waals surface area contributed by atoms with E-state index < -0.39 is 0 Å². The molecule has 2 aromatic heterocycles. The van der Waals surface area contributed by atoms with Gasteiger partial charge in [-0.2, -0.15) is 4.98 Å². The highest BCUT2D eigenvalue weighted by Crippen LogP contribution is 2.39. The highest BCUT2D eigenvalue weighted by molar-refractivity contribution is 7.17. The topological polar surface area (TPSA) is 29.0 Å². The number of halogens is 1. The Balaban J connectivity index is 1.84. The molecule has 5 heteroatoms. The molecular formula is C20H22ClN3S. The molecule has 25 heavy (non-hydrogen) atoms. The maximum Gasteiger partial charge on any atom is 0.225 e. The van der Waals surface area contributed by atoms with Crippen molar-refractivity contribution in [3.05, 3.63) is 40.5 Å². The summed E-state index contributed by atoms with van der Waals surface area (Å²) in [6.45, 7) is 6.53. The van der Waals surface area contributed by atoms with E-state index in [2.05, 4.69) is 58.4 Å². The lowest BCUT2D eigenvalue weighted by Crippen LogP contribution is -2.30. The first-order valence-corrected chi connectivity index (χ1v) is 10.2. The van der Waals surface area contributed by atoms with Gasteiger partial charge in [-0.05, 0) is 47.9 Å². The summed E-state index contributed by atoms with van der Waals surface area (Å²) in [4.78, 5) is 12.4. The van der Waals surface area contributed by atoms with Crippen molar-refractivity contribution in [1.82, 2.24) is 9.97 Å². The molecule has 1 fully saturated rings. The minimum atomic E-state index is 0.344. The summed E-state index contributed by atoms with van der Waals surface area (Å²) in [5.41, 5.74) is 3.80. The molecule has 0 aliphatic carbocycles. The normalized spacial score (nSPS) is 15.3. The summed E-state index contributed by atoms with van der Waals surface area (Å²) in [5, 5.41) is 3.68. The third-order valence-corrected chi connectivity index (χ3v) is 5.97.